The van der Waals surface area contributed by atoms with Gasteiger partial charge in [-0.3, -0.25) is 4.79 Å². The van der Waals surface area contributed by atoms with Gasteiger partial charge in [0.05, 0.1) is 19.9 Å². The molecule has 0 amide bonds. The number of nitrogens with zero attached hydrogens (tertiary/aromatic N) is 2. The van der Waals surface area contributed by atoms with Gasteiger partial charge < -0.3 is 24.6 Å². The molecule has 0 aromatic heterocycles. The molecule has 2 rings (SSSR count). The van der Waals surface area contributed by atoms with E-state index in [9.17, 15) is 4.79 Å². The molecule has 1 N–H and O–H groups in total. The molecule has 0 spiro atoms. The molecule has 0 radical (unpaired) electrons. The summed E-state index contributed by atoms with van der Waals surface area (Å²) in [4.78, 5) is 15.6. The fraction of sp³-hybridized carbons (Fsp3) is 0.529. The smallest absolute Gasteiger partial charge is 0.305 e. The number of nitrogens with one attached hydrogen (secondary N) is 1. The lowest BCUT2D eigenvalue weighted by molar-refractivity contribution is -0.140. The Kier molecular flexibility index (Phi) is 7.11. The van der Waals surface area contributed by atoms with Crippen LogP contribution in [0.25, 0.3) is 0 Å². The minimum Gasteiger partial charge on any atom is -0.495 e. The van der Waals surface area contributed by atoms with E-state index in [2.05, 4.69) is 25.9 Å². The van der Waals surface area contributed by atoms with Crippen LogP contribution < -0.4 is 15.0 Å². The lowest BCUT2D eigenvalue weighted by Crippen LogP contribution is -2.52. The number of anilines is 1. The number of piperazine rings is 1. The van der Waals surface area contributed by atoms with Crippen LogP contribution >= 0.6 is 12.2 Å². The lowest BCUT2D eigenvalue weighted by Gasteiger charge is -2.37. The zero-order valence-corrected chi connectivity index (χ0v) is 15.1. The summed E-state index contributed by atoms with van der Waals surface area (Å²) >= 11 is 5.44. The van der Waals surface area contributed by atoms with Gasteiger partial charge in [0.2, 0.25) is 0 Å². The number of para-hydroxylation sites is 2. The molecule has 1 heterocycles. The highest BCUT2D eigenvalue weighted by molar-refractivity contribution is 7.80. The van der Waals surface area contributed by atoms with Crippen LogP contribution in [-0.2, 0) is 9.53 Å². The number of esters is 1. The summed E-state index contributed by atoms with van der Waals surface area (Å²) in [6.45, 7) is 4.19. The fourth-order valence-electron chi connectivity index (χ4n) is 2.68. The van der Waals surface area contributed by atoms with E-state index < -0.39 is 0 Å². The van der Waals surface area contributed by atoms with Crippen LogP contribution in [0.2, 0.25) is 0 Å². The standard InChI is InChI=1S/C17H25N3O3S/c1-22-15-7-4-3-6-14(15)19-10-12-20(13-11-19)17(24)18-9-5-8-16(21)23-2/h3-4,6-7H,5,8-13H2,1-2H3,(H,18,24). The first-order chi connectivity index (χ1) is 11.7. The second-order valence-electron chi connectivity index (χ2n) is 5.56. The molecule has 1 aliphatic heterocycles. The highest BCUT2D eigenvalue weighted by Crippen LogP contribution is 2.28. The molecule has 0 atom stereocenters. The Morgan fingerprint density at radius 3 is 2.58 bits per heavy atom. The molecule has 0 saturated carbocycles. The van der Waals surface area contributed by atoms with Gasteiger partial charge in [-0.1, -0.05) is 12.1 Å². The van der Waals surface area contributed by atoms with Gasteiger partial charge in [0.25, 0.3) is 0 Å². The Bertz CT molecular complexity index is 560. The second kappa shape index (κ2) is 9.32. The van der Waals surface area contributed by atoms with Gasteiger partial charge in [0, 0.05) is 39.1 Å². The summed E-state index contributed by atoms with van der Waals surface area (Å²) < 4.78 is 10.1. The number of carbonyl (C=O) groups is 1. The zero-order valence-electron chi connectivity index (χ0n) is 14.3. The molecule has 1 saturated heterocycles. The normalized spacial score (nSPS) is 14.2. The molecule has 132 valence electrons. The summed E-state index contributed by atoms with van der Waals surface area (Å²) in [6, 6.07) is 8.07. The van der Waals surface area contributed by atoms with Crippen molar-refractivity contribution < 1.29 is 14.3 Å². The molecule has 24 heavy (non-hydrogen) atoms. The van der Waals surface area contributed by atoms with Crippen LogP contribution in [0.1, 0.15) is 12.8 Å². The van der Waals surface area contributed by atoms with Crippen molar-refractivity contribution in [2.45, 2.75) is 12.8 Å². The van der Waals surface area contributed by atoms with E-state index in [-0.39, 0.29) is 5.97 Å². The van der Waals surface area contributed by atoms with E-state index >= 15 is 0 Å². The molecule has 1 aromatic carbocycles. The van der Waals surface area contributed by atoms with Gasteiger partial charge in [0.1, 0.15) is 5.75 Å². The first-order valence-corrected chi connectivity index (χ1v) is 8.54. The highest BCUT2D eigenvalue weighted by atomic mass is 32.1. The van der Waals surface area contributed by atoms with Crippen LogP contribution in [0.4, 0.5) is 5.69 Å². The third-order valence-corrected chi connectivity index (χ3v) is 4.46. The van der Waals surface area contributed by atoms with Crippen LogP contribution in [0.5, 0.6) is 5.75 Å². The van der Waals surface area contributed by atoms with Crippen LogP contribution in [0.3, 0.4) is 0 Å². The average molecular weight is 351 g/mol. The van der Waals surface area contributed by atoms with Crippen molar-refractivity contribution in [1.82, 2.24) is 10.2 Å². The van der Waals surface area contributed by atoms with E-state index in [1.807, 2.05) is 18.2 Å². The largest absolute Gasteiger partial charge is 0.495 e. The number of hydrogen-bond donors (Lipinski definition) is 1. The van der Waals surface area contributed by atoms with Crippen LogP contribution in [0, 0.1) is 0 Å². The molecule has 7 heteroatoms. The van der Waals surface area contributed by atoms with E-state index in [0.29, 0.717) is 19.4 Å². The Morgan fingerprint density at radius 1 is 1.21 bits per heavy atom. The third kappa shape index (κ3) is 4.99. The maximum absolute atomic E-state index is 11.1. The lowest BCUT2D eigenvalue weighted by atomic mass is 10.2. The molecule has 1 fully saturated rings. The van der Waals surface area contributed by atoms with Gasteiger partial charge >= 0.3 is 5.97 Å². The molecule has 6 nitrogen and oxygen atoms in total. The number of benzene rings is 1. The number of thiocarbonyl (C=S) groups is 1. The molecule has 1 aliphatic rings. The van der Waals surface area contributed by atoms with E-state index in [1.165, 1.54) is 7.11 Å². The molecule has 0 bridgehead atoms. The predicted octanol–water partition coefficient (Wildman–Crippen LogP) is 1.64. The average Bonchev–Trinajstić information content (AvgIpc) is 2.64. The second-order valence-corrected chi connectivity index (χ2v) is 5.94. The van der Waals surface area contributed by atoms with E-state index in [1.54, 1.807) is 7.11 Å². The molecule has 0 aliphatic carbocycles. The van der Waals surface area contributed by atoms with Crippen molar-refractivity contribution in [3.8, 4) is 5.75 Å². The Morgan fingerprint density at radius 2 is 1.92 bits per heavy atom. The Labute approximate surface area is 148 Å². The summed E-state index contributed by atoms with van der Waals surface area (Å²) in [7, 11) is 3.10. The first kappa shape index (κ1) is 18.3. The van der Waals surface area contributed by atoms with Gasteiger partial charge in [-0.2, -0.15) is 0 Å². The predicted molar refractivity (Wildman–Crippen MR) is 98.6 cm³/mol. The van der Waals surface area contributed by atoms with Crippen molar-refractivity contribution >= 4 is 29.0 Å². The van der Waals surface area contributed by atoms with Crippen molar-refractivity contribution in [2.75, 3.05) is 51.8 Å². The SMILES string of the molecule is COC(=O)CCCNC(=S)N1CCN(c2ccccc2OC)CC1. The van der Waals surface area contributed by atoms with Crippen molar-refractivity contribution in [3.05, 3.63) is 24.3 Å². The maximum atomic E-state index is 11.1. The summed E-state index contributed by atoms with van der Waals surface area (Å²) in [5.41, 5.74) is 1.12. The molecule has 0 unspecified atom stereocenters. The number of rotatable bonds is 6. The first-order valence-electron chi connectivity index (χ1n) is 8.13. The van der Waals surface area contributed by atoms with Crippen molar-refractivity contribution in [1.29, 1.82) is 0 Å². The topological polar surface area (TPSA) is 54.0 Å². The van der Waals surface area contributed by atoms with Crippen molar-refractivity contribution in [3.63, 3.8) is 0 Å². The molecular weight excluding hydrogens is 326 g/mol. The summed E-state index contributed by atoms with van der Waals surface area (Å²) in [5.74, 6) is 0.711. The minimum absolute atomic E-state index is 0.187. The third-order valence-electron chi connectivity index (χ3n) is 4.05. The quantitative estimate of drug-likeness (QED) is 0.475. The number of methoxy groups -OCH3 is 2. The fourth-order valence-corrected chi connectivity index (χ4v) is 2.97. The van der Waals surface area contributed by atoms with Gasteiger partial charge in [-0.25, -0.2) is 0 Å². The minimum atomic E-state index is -0.187. The summed E-state index contributed by atoms with van der Waals surface area (Å²) in [6.07, 6.45) is 1.13. The van der Waals surface area contributed by atoms with Gasteiger partial charge in [0.15, 0.2) is 5.11 Å². The Balaban J connectivity index is 1.76. The summed E-state index contributed by atoms with van der Waals surface area (Å²) in [5, 5.41) is 3.96. The number of ether oxygens (including phenoxy) is 2. The number of carbonyl (C=O) groups excluding carboxylic acids is 1. The van der Waals surface area contributed by atoms with Crippen molar-refractivity contribution in [2.24, 2.45) is 0 Å². The van der Waals surface area contributed by atoms with Crippen LogP contribution in [0.15, 0.2) is 24.3 Å². The number of hydrogen-bond acceptors (Lipinski definition) is 5. The van der Waals surface area contributed by atoms with Gasteiger partial charge in [-0.15, -0.1) is 0 Å². The monoisotopic (exact) mass is 351 g/mol. The maximum Gasteiger partial charge on any atom is 0.305 e. The highest BCUT2D eigenvalue weighted by Gasteiger charge is 2.20. The van der Waals surface area contributed by atoms with Gasteiger partial charge in [-0.05, 0) is 30.8 Å². The zero-order chi connectivity index (χ0) is 17.4. The van der Waals surface area contributed by atoms with E-state index in [0.717, 1.165) is 42.7 Å². The van der Waals surface area contributed by atoms with Crippen LogP contribution in [-0.4, -0.2) is 62.9 Å². The molecule has 1 aromatic rings. The van der Waals surface area contributed by atoms with E-state index in [4.69, 9.17) is 17.0 Å². The Hall–Kier alpha value is -2.02. The molecular formula is C17H25N3O3S.